The van der Waals surface area contributed by atoms with E-state index >= 15 is 0 Å². The van der Waals surface area contributed by atoms with E-state index in [1.54, 1.807) is 0 Å². The Labute approximate surface area is 65.9 Å². The van der Waals surface area contributed by atoms with Crippen LogP contribution in [0.1, 0.15) is 12.8 Å². The van der Waals surface area contributed by atoms with Crippen molar-refractivity contribution in [3.63, 3.8) is 0 Å². The molecule has 1 N–H and O–H groups in total. The monoisotopic (exact) mass is 159 g/mol. The summed E-state index contributed by atoms with van der Waals surface area (Å²) in [6.45, 7) is 1.38. The van der Waals surface area contributed by atoms with Crippen LogP contribution in [0.2, 0.25) is 0 Å². The van der Waals surface area contributed by atoms with E-state index < -0.39 is 0 Å². The minimum Gasteiger partial charge on any atom is -0.453 e. The number of carbonyl (C=O) groups is 1. The maximum atomic E-state index is 10.6. The van der Waals surface area contributed by atoms with Gasteiger partial charge in [-0.3, -0.25) is 0 Å². The van der Waals surface area contributed by atoms with Gasteiger partial charge >= 0.3 is 6.09 Å². The van der Waals surface area contributed by atoms with Gasteiger partial charge in [0.15, 0.2) is 0 Å². The van der Waals surface area contributed by atoms with Crippen molar-refractivity contribution in [2.75, 3.05) is 20.3 Å². The van der Waals surface area contributed by atoms with Crippen LogP contribution in [0.3, 0.4) is 0 Å². The third-order valence-electron chi connectivity index (χ3n) is 1.68. The molecule has 1 heterocycles. The Bertz CT molecular complexity index is 132. The molecule has 0 unspecified atom stereocenters. The Hall–Kier alpha value is -0.770. The third-order valence-corrected chi connectivity index (χ3v) is 1.68. The van der Waals surface area contributed by atoms with Gasteiger partial charge in [-0.2, -0.15) is 0 Å². The average Bonchev–Trinajstić information content (AvgIpc) is 2.52. The molecule has 1 saturated heterocycles. The van der Waals surface area contributed by atoms with Gasteiger partial charge in [0.25, 0.3) is 0 Å². The van der Waals surface area contributed by atoms with Gasteiger partial charge in [-0.05, 0) is 12.8 Å². The molecular weight excluding hydrogens is 146 g/mol. The molecule has 0 saturated carbocycles. The lowest BCUT2D eigenvalue weighted by atomic mass is 10.2. The minimum absolute atomic E-state index is 0.189. The quantitative estimate of drug-likeness (QED) is 0.639. The number of ether oxygens (including phenoxy) is 2. The first-order valence-electron chi connectivity index (χ1n) is 3.76. The van der Waals surface area contributed by atoms with Crippen molar-refractivity contribution < 1.29 is 14.3 Å². The molecule has 0 aliphatic carbocycles. The van der Waals surface area contributed by atoms with Crippen LogP contribution in [0.25, 0.3) is 0 Å². The SMILES string of the molecule is COC(=O)NC[C@H]1CCCO1. The molecule has 4 nitrogen and oxygen atoms in total. The van der Waals surface area contributed by atoms with E-state index in [0.29, 0.717) is 6.54 Å². The van der Waals surface area contributed by atoms with Gasteiger partial charge in [-0.15, -0.1) is 0 Å². The average molecular weight is 159 g/mol. The molecule has 1 fully saturated rings. The Balaban J connectivity index is 2.06. The van der Waals surface area contributed by atoms with Crippen LogP contribution in [0.5, 0.6) is 0 Å². The second kappa shape index (κ2) is 4.18. The van der Waals surface area contributed by atoms with E-state index in [4.69, 9.17) is 4.74 Å². The van der Waals surface area contributed by atoms with Crippen LogP contribution in [-0.2, 0) is 9.47 Å². The molecule has 0 aromatic heterocycles. The summed E-state index contributed by atoms with van der Waals surface area (Å²) in [5.41, 5.74) is 0. The summed E-state index contributed by atoms with van der Waals surface area (Å²) in [7, 11) is 1.35. The molecule has 0 aromatic rings. The number of carbonyl (C=O) groups excluding carboxylic acids is 1. The molecule has 1 aliphatic heterocycles. The molecule has 0 spiro atoms. The van der Waals surface area contributed by atoms with Crippen molar-refractivity contribution in [1.82, 2.24) is 5.32 Å². The van der Waals surface area contributed by atoms with Crippen molar-refractivity contribution in [3.8, 4) is 0 Å². The zero-order valence-corrected chi connectivity index (χ0v) is 6.63. The first-order chi connectivity index (χ1) is 5.33. The van der Waals surface area contributed by atoms with Crippen LogP contribution in [0, 0.1) is 0 Å². The van der Waals surface area contributed by atoms with Crippen LogP contribution in [0.15, 0.2) is 0 Å². The molecule has 1 rings (SSSR count). The van der Waals surface area contributed by atoms with Gasteiger partial charge in [-0.1, -0.05) is 0 Å². The Morgan fingerprint density at radius 3 is 3.18 bits per heavy atom. The lowest BCUT2D eigenvalue weighted by Gasteiger charge is -2.08. The van der Waals surface area contributed by atoms with Crippen molar-refractivity contribution in [2.24, 2.45) is 0 Å². The number of rotatable bonds is 2. The predicted octanol–water partition coefficient (Wildman–Crippen LogP) is 0.521. The van der Waals surface area contributed by atoms with Crippen LogP contribution >= 0.6 is 0 Å². The summed E-state index contributed by atoms with van der Waals surface area (Å²) in [6, 6.07) is 0. The van der Waals surface area contributed by atoms with E-state index in [0.717, 1.165) is 19.4 Å². The Morgan fingerprint density at radius 2 is 2.64 bits per heavy atom. The van der Waals surface area contributed by atoms with Crippen molar-refractivity contribution in [1.29, 1.82) is 0 Å². The van der Waals surface area contributed by atoms with Gasteiger partial charge in [0, 0.05) is 13.2 Å². The van der Waals surface area contributed by atoms with E-state index in [2.05, 4.69) is 10.1 Å². The van der Waals surface area contributed by atoms with Gasteiger partial charge in [-0.25, -0.2) is 4.79 Å². The van der Waals surface area contributed by atoms with E-state index in [9.17, 15) is 4.79 Å². The lowest BCUT2D eigenvalue weighted by Crippen LogP contribution is -2.31. The maximum Gasteiger partial charge on any atom is 0.406 e. The summed E-state index contributed by atoms with van der Waals surface area (Å²) in [4.78, 5) is 10.6. The molecule has 4 heteroatoms. The highest BCUT2D eigenvalue weighted by atomic mass is 16.5. The van der Waals surface area contributed by atoms with Gasteiger partial charge in [0.1, 0.15) is 0 Å². The number of alkyl carbamates (subject to hydrolysis) is 1. The van der Waals surface area contributed by atoms with E-state index in [1.165, 1.54) is 7.11 Å². The van der Waals surface area contributed by atoms with Gasteiger partial charge in [0.05, 0.1) is 13.2 Å². The zero-order chi connectivity index (χ0) is 8.10. The molecule has 0 radical (unpaired) electrons. The number of methoxy groups -OCH3 is 1. The van der Waals surface area contributed by atoms with Gasteiger partial charge in [0.2, 0.25) is 0 Å². The summed E-state index contributed by atoms with van der Waals surface area (Å²) < 4.78 is 9.68. The molecule has 0 bridgehead atoms. The summed E-state index contributed by atoms with van der Waals surface area (Å²) in [5, 5.41) is 2.59. The number of amides is 1. The molecule has 64 valence electrons. The highest BCUT2D eigenvalue weighted by Gasteiger charge is 2.15. The fraction of sp³-hybridized carbons (Fsp3) is 0.857. The normalized spacial score (nSPS) is 23.2. The second-order valence-corrected chi connectivity index (χ2v) is 2.51. The summed E-state index contributed by atoms with van der Waals surface area (Å²) >= 11 is 0. The van der Waals surface area contributed by atoms with Crippen molar-refractivity contribution >= 4 is 6.09 Å². The fourth-order valence-corrected chi connectivity index (χ4v) is 1.07. The first-order valence-corrected chi connectivity index (χ1v) is 3.76. The largest absolute Gasteiger partial charge is 0.453 e. The van der Waals surface area contributed by atoms with Crippen LogP contribution < -0.4 is 5.32 Å². The maximum absolute atomic E-state index is 10.6. The Morgan fingerprint density at radius 1 is 1.82 bits per heavy atom. The molecule has 1 amide bonds. The Kier molecular flexibility index (Phi) is 3.16. The highest BCUT2D eigenvalue weighted by Crippen LogP contribution is 2.10. The van der Waals surface area contributed by atoms with E-state index in [1.807, 2.05) is 0 Å². The predicted molar refractivity (Wildman–Crippen MR) is 39.4 cm³/mol. The first kappa shape index (κ1) is 8.33. The summed E-state index contributed by atoms with van der Waals surface area (Å²) in [6.07, 6.45) is 1.92. The fourth-order valence-electron chi connectivity index (χ4n) is 1.07. The number of nitrogens with one attached hydrogen (secondary N) is 1. The summed E-state index contributed by atoms with van der Waals surface area (Å²) in [5.74, 6) is 0. The van der Waals surface area contributed by atoms with Crippen molar-refractivity contribution in [3.05, 3.63) is 0 Å². The van der Waals surface area contributed by atoms with Crippen LogP contribution in [-0.4, -0.2) is 32.5 Å². The zero-order valence-electron chi connectivity index (χ0n) is 6.63. The molecule has 1 aliphatic rings. The molecule has 11 heavy (non-hydrogen) atoms. The third kappa shape index (κ3) is 2.76. The lowest BCUT2D eigenvalue weighted by molar-refractivity contribution is 0.105. The topological polar surface area (TPSA) is 47.6 Å². The number of hydrogen-bond donors (Lipinski definition) is 1. The smallest absolute Gasteiger partial charge is 0.406 e. The molecule has 1 atom stereocenters. The molecular formula is C7H13NO3. The van der Waals surface area contributed by atoms with Crippen LogP contribution in [0.4, 0.5) is 4.79 Å². The highest BCUT2D eigenvalue weighted by molar-refractivity contribution is 5.66. The van der Waals surface area contributed by atoms with Crippen molar-refractivity contribution in [2.45, 2.75) is 18.9 Å². The van der Waals surface area contributed by atoms with Gasteiger partial charge < -0.3 is 14.8 Å². The second-order valence-electron chi connectivity index (χ2n) is 2.51. The molecule has 0 aromatic carbocycles. The van der Waals surface area contributed by atoms with E-state index in [-0.39, 0.29) is 12.2 Å². The number of hydrogen-bond acceptors (Lipinski definition) is 3. The minimum atomic E-state index is -0.388. The standard InChI is InChI=1S/C7H13NO3/c1-10-7(9)8-5-6-3-2-4-11-6/h6H,2-5H2,1H3,(H,8,9)/t6-/m1/s1.